The lowest BCUT2D eigenvalue weighted by molar-refractivity contribution is -0.0283. The molecular formula is C14H18N4O3S. The number of methoxy groups -OCH3 is 1. The number of carbonyl (C=O) groups is 1. The highest BCUT2D eigenvalue weighted by Gasteiger charge is 2.30. The summed E-state index contributed by atoms with van der Waals surface area (Å²) in [6, 6.07) is 1.81. The zero-order valence-electron chi connectivity index (χ0n) is 12.6. The van der Waals surface area contributed by atoms with Crippen LogP contribution in [0.15, 0.2) is 17.8 Å². The molecule has 0 spiro atoms. The van der Waals surface area contributed by atoms with Gasteiger partial charge in [0.2, 0.25) is 0 Å². The van der Waals surface area contributed by atoms with Crippen LogP contribution in [0.1, 0.15) is 28.5 Å². The fourth-order valence-electron chi connectivity index (χ4n) is 2.50. The molecular weight excluding hydrogens is 304 g/mol. The second-order valence-electron chi connectivity index (χ2n) is 4.90. The summed E-state index contributed by atoms with van der Waals surface area (Å²) in [5.41, 5.74) is 0. The maximum Gasteiger partial charge on any atom is 0.267 e. The molecule has 1 saturated heterocycles. The van der Waals surface area contributed by atoms with Crippen molar-refractivity contribution in [1.29, 1.82) is 0 Å². The first-order chi connectivity index (χ1) is 10.7. The number of hydrogen-bond acceptors (Lipinski definition) is 6. The molecule has 0 N–H and O–H groups in total. The Morgan fingerprint density at radius 1 is 1.59 bits per heavy atom. The van der Waals surface area contributed by atoms with Crippen LogP contribution in [0.25, 0.3) is 0 Å². The van der Waals surface area contributed by atoms with Crippen LogP contribution in [0.5, 0.6) is 5.75 Å². The number of nitrogens with zero attached hydrogens (tertiary/aromatic N) is 4. The van der Waals surface area contributed by atoms with Crippen molar-refractivity contribution in [3.05, 3.63) is 28.5 Å². The van der Waals surface area contributed by atoms with Gasteiger partial charge in [0.05, 0.1) is 20.3 Å². The van der Waals surface area contributed by atoms with Gasteiger partial charge in [0.1, 0.15) is 23.1 Å². The van der Waals surface area contributed by atoms with Gasteiger partial charge in [-0.25, -0.2) is 0 Å². The molecule has 0 unspecified atom stereocenters. The normalized spacial score (nSPS) is 18.5. The summed E-state index contributed by atoms with van der Waals surface area (Å²) in [4.78, 5) is 15.1. The lowest BCUT2D eigenvalue weighted by atomic mass is 10.2. The first-order valence-corrected chi connectivity index (χ1v) is 8.02. The molecule has 0 aliphatic carbocycles. The van der Waals surface area contributed by atoms with Gasteiger partial charge in [-0.05, 0) is 18.4 Å². The number of carbonyl (C=O) groups excluding carboxylic acids is 1. The molecule has 1 fully saturated rings. The summed E-state index contributed by atoms with van der Waals surface area (Å²) in [5.74, 6) is 1.36. The number of rotatable bonds is 4. The topological polar surface area (TPSA) is 69.5 Å². The molecule has 1 atom stereocenters. The smallest absolute Gasteiger partial charge is 0.267 e. The zero-order valence-corrected chi connectivity index (χ0v) is 13.4. The van der Waals surface area contributed by atoms with E-state index in [1.54, 1.807) is 18.3 Å². The maximum atomic E-state index is 12.7. The summed E-state index contributed by atoms with van der Waals surface area (Å²) in [6.45, 7) is 4.32. The van der Waals surface area contributed by atoms with Crippen molar-refractivity contribution in [3.8, 4) is 5.75 Å². The van der Waals surface area contributed by atoms with E-state index in [2.05, 4.69) is 10.2 Å². The van der Waals surface area contributed by atoms with Gasteiger partial charge in [0.25, 0.3) is 5.91 Å². The van der Waals surface area contributed by atoms with Crippen molar-refractivity contribution in [3.63, 3.8) is 0 Å². The molecule has 0 aromatic carbocycles. The minimum Gasteiger partial charge on any atom is -0.495 e. The number of morpholine rings is 1. The second kappa shape index (κ2) is 6.45. The van der Waals surface area contributed by atoms with Gasteiger partial charge in [-0.3, -0.25) is 4.79 Å². The molecule has 8 heteroatoms. The van der Waals surface area contributed by atoms with Gasteiger partial charge in [0.15, 0.2) is 5.82 Å². The minimum atomic E-state index is -0.244. The third kappa shape index (κ3) is 2.71. The molecule has 2 aromatic heterocycles. The van der Waals surface area contributed by atoms with Crippen LogP contribution >= 0.6 is 11.3 Å². The van der Waals surface area contributed by atoms with Crippen LogP contribution in [0.3, 0.4) is 0 Å². The molecule has 3 heterocycles. The Morgan fingerprint density at radius 3 is 3.23 bits per heavy atom. The molecule has 1 aliphatic rings. The number of amides is 1. The Bertz CT molecular complexity index is 654. The molecule has 2 aromatic rings. The first kappa shape index (κ1) is 15.0. The fourth-order valence-corrected chi connectivity index (χ4v) is 3.33. The van der Waals surface area contributed by atoms with Crippen molar-refractivity contribution < 1.29 is 14.3 Å². The van der Waals surface area contributed by atoms with Crippen molar-refractivity contribution in [2.24, 2.45) is 0 Å². The number of hydrogen-bond donors (Lipinski definition) is 0. The summed E-state index contributed by atoms with van der Waals surface area (Å²) in [5, 5.41) is 9.91. The number of aryl methyl sites for hydroxylation is 1. The molecule has 0 bridgehead atoms. The molecule has 1 aliphatic heterocycles. The molecule has 0 saturated carbocycles. The zero-order chi connectivity index (χ0) is 15.5. The second-order valence-corrected chi connectivity index (χ2v) is 5.82. The van der Waals surface area contributed by atoms with Gasteiger partial charge in [-0.2, -0.15) is 0 Å². The van der Waals surface area contributed by atoms with Crippen LogP contribution in [0, 0.1) is 0 Å². The average molecular weight is 322 g/mol. The summed E-state index contributed by atoms with van der Waals surface area (Å²) >= 11 is 1.39. The number of thiophene rings is 1. The Balaban J connectivity index is 1.77. The predicted molar refractivity (Wildman–Crippen MR) is 81.2 cm³/mol. The van der Waals surface area contributed by atoms with Crippen molar-refractivity contribution in [2.45, 2.75) is 19.6 Å². The predicted octanol–water partition coefficient (Wildman–Crippen LogP) is 1.58. The monoisotopic (exact) mass is 322 g/mol. The van der Waals surface area contributed by atoms with Gasteiger partial charge in [-0.15, -0.1) is 21.5 Å². The largest absolute Gasteiger partial charge is 0.495 e. The van der Waals surface area contributed by atoms with Crippen LogP contribution in [-0.2, 0) is 11.3 Å². The van der Waals surface area contributed by atoms with Crippen molar-refractivity contribution in [1.82, 2.24) is 19.7 Å². The van der Waals surface area contributed by atoms with Crippen LogP contribution < -0.4 is 4.74 Å². The highest BCUT2D eigenvalue weighted by molar-refractivity contribution is 7.12. The van der Waals surface area contributed by atoms with Crippen LogP contribution in [-0.4, -0.2) is 52.4 Å². The molecule has 7 nitrogen and oxygen atoms in total. The number of ether oxygens (including phenoxy) is 2. The highest BCUT2D eigenvalue weighted by atomic mass is 32.1. The van der Waals surface area contributed by atoms with E-state index in [1.807, 2.05) is 22.9 Å². The fraction of sp³-hybridized carbons (Fsp3) is 0.500. The Hall–Kier alpha value is -1.93. The average Bonchev–Trinajstić information content (AvgIpc) is 3.22. The quantitative estimate of drug-likeness (QED) is 0.855. The molecule has 118 valence electrons. The van der Waals surface area contributed by atoms with E-state index in [4.69, 9.17) is 9.47 Å². The number of aromatic nitrogens is 3. The lowest BCUT2D eigenvalue weighted by Crippen LogP contribution is -2.42. The minimum absolute atomic E-state index is 0.0253. The SMILES string of the molecule is CCn1cnnc1[C@H]1CN(C(=O)c2sccc2OC)CCO1. The molecule has 0 radical (unpaired) electrons. The van der Waals surface area contributed by atoms with Crippen molar-refractivity contribution >= 4 is 17.2 Å². The lowest BCUT2D eigenvalue weighted by Gasteiger charge is -2.32. The van der Waals surface area contributed by atoms with E-state index in [1.165, 1.54) is 11.3 Å². The highest BCUT2D eigenvalue weighted by Crippen LogP contribution is 2.28. The van der Waals surface area contributed by atoms with Gasteiger partial charge >= 0.3 is 0 Å². The molecule has 22 heavy (non-hydrogen) atoms. The third-order valence-electron chi connectivity index (χ3n) is 3.67. The van der Waals surface area contributed by atoms with E-state index in [9.17, 15) is 4.79 Å². The van der Waals surface area contributed by atoms with E-state index in [0.29, 0.717) is 30.3 Å². The molecule has 3 rings (SSSR count). The molecule has 1 amide bonds. The van der Waals surface area contributed by atoms with Gasteiger partial charge in [0, 0.05) is 13.1 Å². The van der Waals surface area contributed by atoms with Gasteiger partial charge in [-0.1, -0.05) is 0 Å². The van der Waals surface area contributed by atoms with Crippen LogP contribution in [0.2, 0.25) is 0 Å². The van der Waals surface area contributed by atoms with E-state index in [-0.39, 0.29) is 12.0 Å². The van der Waals surface area contributed by atoms with E-state index < -0.39 is 0 Å². The standard InChI is InChI=1S/C14H18N4O3S/c1-3-17-9-15-16-13(17)11-8-18(5-6-21-11)14(19)12-10(20-2)4-7-22-12/h4,7,9,11H,3,5-6,8H2,1-2H3/t11-/m1/s1. The Labute approximate surface area is 132 Å². The summed E-state index contributed by atoms with van der Waals surface area (Å²) in [6.07, 6.45) is 1.44. The summed E-state index contributed by atoms with van der Waals surface area (Å²) in [7, 11) is 1.57. The maximum absolute atomic E-state index is 12.7. The van der Waals surface area contributed by atoms with E-state index in [0.717, 1.165) is 12.4 Å². The van der Waals surface area contributed by atoms with Crippen LogP contribution in [0.4, 0.5) is 0 Å². The Kier molecular flexibility index (Phi) is 4.39. The van der Waals surface area contributed by atoms with Crippen molar-refractivity contribution in [2.75, 3.05) is 26.8 Å². The summed E-state index contributed by atoms with van der Waals surface area (Å²) < 4.78 is 12.9. The first-order valence-electron chi connectivity index (χ1n) is 7.14. The Morgan fingerprint density at radius 2 is 2.45 bits per heavy atom. The third-order valence-corrected chi connectivity index (χ3v) is 4.55. The van der Waals surface area contributed by atoms with Gasteiger partial charge < -0.3 is 18.9 Å². The van der Waals surface area contributed by atoms with E-state index >= 15 is 0 Å².